The molecule has 0 N–H and O–H groups in total. The largest absolute Gasteiger partial charge is 0.466 e. The molecule has 0 bridgehead atoms. The molecule has 1 heterocycles. The predicted molar refractivity (Wildman–Crippen MR) is 77.0 cm³/mol. The third-order valence-electron chi connectivity index (χ3n) is 3.43. The number of fused-ring (bicyclic) bond motifs is 1. The van der Waals surface area contributed by atoms with Crippen LogP contribution in [0.1, 0.15) is 29.4 Å². The summed E-state index contributed by atoms with van der Waals surface area (Å²) in [4.78, 5) is 24.1. The summed E-state index contributed by atoms with van der Waals surface area (Å²) >= 11 is 0. The zero-order valence-corrected chi connectivity index (χ0v) is 12.2. The fourth-order valence-electron chi connectivity index (χ4n) is 2.16. The molecule has 0 fully saturated rings. The highest BCUT2D eigenvalue weighted by Crippen LogP contribution is 2.20. The van der Waals surface area contributed by atoms with Crippen molar-refractivity contribution in [1.82, 2.24) is 0 Å². The zero-order chi connectivity index (χ0) is 14.9. The minimum Gasteiger partial charge on any atom is -0.466 e. The molecule has 0 radical (unpaired) electrons. The van der Waals surface area contributed by atoms with Gasteiger partial charge in [-0.15, -0.1) is 0 Å². The fraction of sp³-hybridized carbons (Fsp3) is 0.375. The Bertz CT molecular complexity index is 725. The number of hydrogen-bond acceptors (Lipinski definition) is 4. The van der Waals surface area contributed by atoms with Crippen LogP contribution in [-0.4, -0.2) is 12.6 Å². The summed E-state index contributed by atoms with van der Waals surface area (Å²) in [5, 5.41) is 0.512. The normalized spacial score (nSPS) is 10.8. The lowest BCUT2D eigenvalue weighted by Gasteiger charge is -2.08. The number of aryl methyl sites for hydroxylation is 3. The second kappa shape index (κ2) is 5.49. The molecule has 4 heteroatoms. The van der Waals surface area contributed by atoms with Crippen molar-refractivity contribution in [1.29, 1.82) is 0 Å². The van der Waals surface area contributed by atoms with Crippen LogP contribution in [0.4, 0.5) is 0 Å². The van der Waals surface area contributed by atoms with Crippen LogP contribution in [-0.2, 0) is 16.0 Å². The Hall–Kier alpha value is -2.10. The first-order valence-corrected chi connectivity index (χ1v) is 6.63. The molecule has 106 valence electrons. The van der Waals surface area contributed by atoms with E-state index in [9.17, 15) is 9.59 Å². The van der Waals surface area contributed by atoms with Crippen LogP contribution in [0, 0.1) is 20.8 Å². The van der Waals surface area contributed by atoms with Gasteiger partial charge in [-0.3, -0.25) is 9.59 Å². The average Bonchev–Trinajstić information content (AvgIpc) is 2.38. The van der Waals surface area contributed by atoms with E-state index in [1.165, 1.54) is 0 Å². The van der Waals surface area contributed by atoms with Crippen LogP contribution in [0.3, 0.4) is 0 Å². The number of hydrogen-bond donors (Lipinski definition) is 0. The van der Waals surface area contributed by atoms with Gasteiger partial charge in [0.1, 0.15) is 11.3 Å². The van der Waals surface area contributed by atoms with Gasteiger partial charge in [0, 0.05) is 5.56 Å². The van der Waals surface area contributed by atoms with Crippen LogP contribution >= 0.6 is 0 Å². The van der Waals surface area contributed by atoms with Crippen molar-refractivity contribution in [2.45, 2.75) is 34.1 Å². The number of carbonyl (C=O) groups excluding carboxylic acids is 1. The van der Waals surface area contributed by atoms with Gasteiger partial charge in [0.25, 0.3) is 0 Å². The Labute approximate surface area is 117 Å². The Morgan fingerprint density at radius 1 is 1.20 bits per heavy atom. The highest BCUT2D eigenvalue weighted by molar-refractivity contribution is 5.81. The van der Waals surface area contributed by atoms with E-state index >= 15 is 0 Å². The summed E-state index contributed by atoms with van der Waals surface area (Å²) in [7, 11) is 0. The fourth-order valence-corrected chi connectivity index (χ4v) is 2.16. The molecule has 0 amide bonds. The molecule has 4 nitrogen and oxygen atoms in total. The molecule has 1 aromatic heterocycles. The molecule has 0 unspecified atom stereocenters. The minimum atomic E-state index is -0.411. The molecule has 0 aliphatic carbocycles. The molecule has 0 saturated carbocycles. The third-order valence-corrected chi connectivity index (χ3v) is 3.43. The summed E-state index contributed by atoms with van der Waals surface area (Å²) in [5.74, 6) is 0.0601. The zero-order valence-electron chi connectivity index (χ0n) is 12.2. The van der Waals surface area contributed by atoms with Crippen molar-refractivity contribution in [3.63, 3.8) is 0 Å². The van der Waals surface area contributed by atoms with Crippen molar-refractivity contribution in [3.05, 3.63) is 44.8 Å². The quantitative estimate of drug-likeness (QED) is 0.808. The van der Waals surface area contributed by atoms with Gasteiger partial charge >= 0.3 is 5.97 Å². The van der Waals surface area contributed by atoms with Crippen LogP contribution in [0.5, 0.6) is 0 Å². The smallest absolute Gasteiger partial charge is 0.310 e. The topological polar surface area (TPSA) is 56.5 Å². The van der Waals surface area contributed by atoms with Gasteiger partial charge in [-0.1, -0.05) is 0 Å². The van der Waals surface area contributed by atoms with Gasteiger partial charge in [-0.2, -0.15) is 0 Å². The number of rotatable bonds is 3. The molecule has 20 heavy (non-hydrogen) atoms. The lowest BCUT2D eigenvalue weighted by molar-refractivity contribution is -0.142. The Kier molecular flexibility index (Phi) is 3.93. The van der Waals surface area contributed by atoms with Crippen LogP contribution in [0.25, 0.3) is 11.0 Å². The van der Waals surface area contributed by atoms with E-state index in [0.29, 0.717) is 28.9 Å². The first kappa shape index (κ1) is 14.3. The second-order valence-electron chi connectivity index (χ2n) is 4.88. The Morgan fingerprint density at radius 3 is 2.50 bits per heavy atom. The summed E-state index contributed by atoms with van der Waals surface area (Å²) in [6, 6.07) is 3.66. The van der Waals surface area contributed by atoms with E-state index in [1.54, 1.807) is 13.8 Å². The number of benzene rings is 1. The minimum absolute atomic E-state index is 0.0507. The molecule has 1 aromatic carbocycles. The van der Waals surface area contributed by atoms with Gasteiger partial charge in [0.2, 0.25) is 0 Å². The predicted octanol–water partition coefficient (Wildman–Crippen LogP) is 2.82. The van der Waals surface area contributed by atoms with E-state index in [-0.39, 0.29) is 11.8 Å². The molecule has 0 saturated heterocycles. The summed E-state index contributed by atoms with van der Waals surface area (Å²) in [6.07, 6.45) is -0.0507. The Balaban J connectivity index is 2.59. The SMILES string of the molecule is CCOC(=O)Cc1c(C)oc2cc(C)c(C)cc2c1=O. The van der Waals surface area contributed by atoms with Gasteiger partial charge < -0.3 is 9.15 Å². The van der Waals surface area contributed by atoms with E-state index in [0.717, 1.165) is 11.1 Å². The molecule has 2 rings (SSSR count). The maximum Gasteiger partial charge on any atom is 0.310 e. The summed E-state index contributed by atoms with van der Waals surface area (Å²) in [6.45, 7) is 7.65. The first-order chi connectivity index (χ1) is 9.43. The van der Waals surface area contributed by atoms with Crippen molar-refractivity contribution in [2.75, 3.05) is 6.61 Å². The number of esters is 1. The lowest BCUT2D eigenvalue weighted by atomic mass is 10.0. The first-order valence-electron chi connectivity index (χ1n) is 6.63. The molecule has 0 aliphatic heterocycles. The van der Waals surface area contributed by atoms with Crippen molar-refractivity contribution in [2.24, 2.45) is 0 Å². The maximum atomic E-state index is 12.5. The molecular weight excluding hydrogens is 256 g/mol. The van der Waals surface area contributed by atoms with Crippen molar-refractivity contribution < 1.29 is 13.9 Å². The molecule has 0 aliphatic rings. The molecule has 0 atom stereocenters. The maximum absolute atomic E-state index is 12.5. The summed E-state index contributed by atoms with van der Waals surface area (Å²) in [5.41, 5.74) is 2.87. The monoisotopic (exact) mass is 274 g/mol. The molecule has 0 spiro atoms. The van der Waals surface area contributed by atoms with Gasteiger partial charge in [-0.05, 0) is 51.0 Å². The Morgan fingerprint density at radius 2 is 1.85 bits per heavy atom. The molecule has 2 aromatic rings. The summed E-state index contributed by atoms with van der Waals surface area (Å²) < 4.78 is 10.6. The van der Waals surface area contributed by atoms with Crippen molar-refractivity contribution in [3.8, 4) is 0 Å². The van der Waals surface area contributed by atoms with E-state index < -0.39 is 5.97 Å². The van der Waals surface area contributed by atoms with Crippen LogP contribution in [0.15, 0.2) is 21.3 Å². The lowest BCUT2D eigenvalue weighted by Crippen LogP contribution is -2.17. The van der Waals surface area contributed by atoms with Crippen LogP contribution in [0.2, 0.25) is 0 Å². The molecular formula is C16H18O4. The highest BCUT2D eigenvalue weighted by atomic mass is 16.5. The van der Waals surface area contributed by atoms with Crippen LogP contribution < -0.4 is 5.43 Å². The standard InChI is InChI=1S/C16H18O4/c1-5-19-15(17)8-12-11(4)20-14-7-10(3)9(2)6-13(14)16(12)18/h6-7H,5,8H2,1-4H3. The van der Waals surface area contributed by atoms with E-state index in [1.807, 2.05) is 26.0 Å². The second-order valence-corrected chi connectivity index (χ2v) is 4.88. The van der Waals surface area contributed by atoms with Crippen molar-refractivity contribution >= 4 is 16.9 Å². The number of carbonyl (C=O) groups is 1. The van der Waals surface area contributed by atoms with Gasteiger partial charge in [0.05, 0.1) is 18.4 Å². The highest BCUT2D eigenvalue weighted by Gasteiger charge is 2.16. The number of ether oxygens (including phenoxy) is 1. The average molecular weight is 274 g/mol. The van der Waals surface area contributed by atoms with E-state index in [2.05, 4.69) is 0 Å². The third kappa shape index (κ3) is 2.59. The van der Waals surface area contributed by atoms with Gasteiger partial charge in [-0.25, -0.2) is 0 Å². The van der Waals surface area contributed by atoms with E-state index in [4.69, 9.17) is 9.15 Å². The van der Waals surface area contributed by atoms with Gasteiger partial charge in [0.15, 0.2) is 5.43 Å².